The average Bonchev–Trinajstić information content (AvgIpc) is 3.27. The number of carbonyl (C=O) groups is 1. The summed E-state index contributed by atoms with van der Waals surface area (Å²) in [4.78, 5) is 19.0. The average molecular weight is 404 g/mol. The first-order valence-electron chi connectivity index (χ1n) is 10.4. The molecule has 1 amide bonds. The number of unbranched alkanes of at least 4 members (excludes halogenated alkanes) is 2. The lowest BCUT2D eigenvalue weighted by molar-refractivity contribution is -0.0441. The van der Waals surface area contributed by atoms with Gasteiger partial charge in [0.2, 0.25) is 5.96 Å². The van der Waals surface area contributed by atoms with E-state index in [1.165, 1.54) is 6.08 Å². The summed E-state index contributed by atoms with van der Waals surface area (Å²) in [6.07, 6.45) is 4.84. The highest BCUT2D eigenvalue weighted by atomic mass is 16.7. The van der Waals surface area contributed by atoms with Gasteiger partial charge in [-0.1, -0.05) is 51.5 Å². The van der Waals surface area contributed by atoms with Crippen molar-refractivity contribution in [3.8, 4) is 0 Å². The summed E-state index contributed by atoms with van der Waals surface area (Å²) in [5.74, 6) is 0.502. The van der Waals surface area contributed by atoms with Crippen molar-refractivity contribution in [1.29, 1.82) is 0 Å². The van der Waals surface area contributed by atoms with Gasteiger partial charge < -0.3 is 19.1 Å². The van der Waals surface area contributed by atoms with Crippen molar-refractivity contribution < 1.29 is 19.0 Å². The standard InChI is InChI=1S/C22H33N3O4/c1-4-7-13-25(14-8-5-2)21(24-22(26)29-15-6-3)23-19-11-9-18(10-12-19)20-27-16-17-28-20/h6,9-12,20H,3-5,7-8,13-17H2,1-2H3,(H,23,24,26). The minimum absolute atomic E-state index is 0.152. The molecule has 1 aromatic carbocycles. The second kappa shape index (κ2) is 13.0. The second-order valence-corrected chi connectivity index (χ2v) is 6.81. The zero-order valence-electron chi connectivity index (χ0n) is 17.6. The van der Waals surface area contributed by atoms with Crippen molar-refractivity contribution in [1.82, 2.24) is 10.2 Å². The molecule has 0 unspecified atom stereocenters. The summed E-state index contributed by atoms with van der Waals surface area (Å²) in [7, 11) is 0. The van der Waals surface area contributed by atoms with Crippen LogP contribution in [0.3, 0.4) is 0 Å². The molecule has 2 rings (SSSR count). The van der Waals surface area contributed by atoms with Crippen molar-refractivity contribution in [2.24, 2.45) is 4.99 Å². The summed E-state index contributed by atoms with van der Waals surface area (Å²) in [6, 6.07) is 7.67. The molecule has 29 heavy (non-hydrogen) atoms. The van der Waals surface area contributed by atoms with Gasteiger partial charge >= 0.3 is 6.09 Å². The van der Waals surface area contributed by atoms with E-state index in [2.05, 4.69) is 30.6 Å². The first-order chi connectivity index (χ1) is 14.2. The number of aliphatic imine (C=N–C) groups is 1. The zero-order chi connectivity index (χ0) is 20.9. The van der Waals surface area contributed by atoms with Gasteiger partial charge in [-0.3, -0.25) is 5.32 Å². The molecule has 0 bridgehead atoms. The van der Waals surface area contributed by atoms with Crippen LogP contribution in [0.15, 0.2) is 41.9 Å². The maximum Gasteiger partial charge on any atom is 0.414 e. The van der Waals surface area contributed by atoms with Gasteiger partial charge in [0, 0.05) is 18.7 Å². The highest BCUT2D eigenvalue weighted by molar-refractivity contribution is 5.95. The summed E-state index contributed by atoms with van der Waals surface area (Å²) in [5.41, 5.74) is 1.69. The Bertz CT molecular complexity index is 647. The third kappa shape index (κ3) is 7.87. The number of alkyl carbamates (subject to hydrolysis) is 1. The lowest BCUT2D eigenvalue weighted by Crippen LogP contribution is -2.45. The fraction of sp³-hybridized carbons (Fsp3) is 0.545. The van der Waals surface area contributed by atoms with E-state index in [0.29, 0.717) is 19.2 Å². The quantitative estimate of drug-likeness (QED) is 0.353. The van der Waals surface area contributed by atoms with Crippen LogP contribution in [-0.4, -0.2) is 49.9 Å². The number of amides is 1. The summed E-state index contributed by atoms with van der Waals surface area (Å²) in [6.45, 7) is 10.9. The molecule has 0 aromatic heterocycles. The molecule has 1 fully saturated rings. The van der Waals surface area contributed by atoms with E-state index < -0.39 is 6.09 Å². The van der Waals surface area contributed by atoms with Gasteiger partial charge in [-0.15, -0.1) is 0 Å². The third-order valence-corrected chi connectivity index (χ3v) is 4.43. The molecule has 160 valence electrons. The maximum atomic E-state index is 12.2. The van der Waals surface area contributed by atoms with Crippen LogP contribution in [0.1, 0.15) is 51.4 Å². The van der Waals surface area contributed by atoms with Gasteiger partial charge in [-0.25, -0.2) is 9.79 Å². The number of carbonyl (C=O) groups excluding carboxylic acids is 1. The maximum absolute atomic E-state index is 12.2. The van der Waals surface area contributed by atoms with Crippen LogP contribution in [0.2, 0.25) is 0 Å². The largest absolute Gasteiger partial charge is 0.445 e. The van der Waals surface area contributed by atoms with Gasteiger partial charge in [0.15, 0.2) is 6.29 Å². The van der Waals surface area contributed by atoms with E-state index in [1.807, 2.05) is 24.3 Å². The minimum atomic E-state index is -0.536. The highest BCUT2D eigenvalue weighted by Gasteiger charge is 2.18. The van der Waals surface area contributed by atoms with Crippen LogP contribution in [-0.2, 0) is 14.2 Å². The molecule has 0 spiro atoms. The molecule has 7 heteroatoms. The number of ether oxygens (including phenoxy) is 3. The molecular formula is C22H33N3O4. The molecule has 1 saturated heterocycles. The molecule has 1 aliphatic heterocycles. The lowest BCUT2D eigenvalue weighted by atomic mass is 10.2. The minimum Gasteiger partial charge on any atom is -0.445 e. The number of guanidine groups is 1. The van der Waals surface area contributed by atoms with Crippen molar-refractivity contribution in [2.75, 3.05) is 32.9 Å². The molecule has 0 saturated carbocycles. The Kier molecular flexibility index (Phi) is 10.2. The Balaban J connectivity index is 2.20. The molecule has 7 nitrogen and oxygen atoms in total. The number of rotatable bonds is 10. The van der Waals surface area contributed by atoms with Gasteiger partial charge in [-0.05, 0) is 25.0 Å². The van der Waals surface area contributed by atoms with E-state index in [-0.39, 0.29) is 12.9 Å². The third-order valence-electron chi connectivity index (χ3n) is 4.43. The Hall–Kier alpha value is -2.38. The zero-order valence-corrected chi connectivity index (χ0v) is 17.6. The van der Waals surface area contributed by atoms with E-state index in [0.717, 1.165) is 50.0 Å². The van der Waals surface area contributed by atoms with E-state index in [4.69, 9.17) is 19.2 Å². The fourth-order valence-corrected chi connectivity index (χ4v) is 2.84. The Morgan fingerprint density at radius 1 is 1.21 bits per heavy atom. The SMILES string of the molecule is C=CCOC(=O)NC(=Nc1ccc(C2OCCO2)cc1)N(CCCC)CCCC. The number of hydrogen-bond acceptors (Lipinski definition) is 5. The van der Waals surface area contributed by atoms with E-state index in [9.17, 15) is 4.79 Å². The Labute approximate surface area is 173 Å². The number of hydrogen-bond donors (Lipinski definition) is 1. The predicted molar refractivity (Wildman–Crippen MR) is 114 cm³/mol. The first-order valence-corrected chi connectivity index (χ1v) is 10.4. The lowest BCUT2D eigenvalue weighted by Gasteiger charge is -2.26. The molecule has 1 heterocycles. The van der Waals surface area contributed by atoms with Crippen molar-refractivity contribution in [2.45, 2.75) is 45.8 Å². The van der Waals surface area contributed by atoms with Crippen molar-refractivity contribution in [3.05, 3.63) is 42.5 Å². The summed E-state index contributed by atoms with van der Waals surface area (Å²) in [5, 5.41) is 2.81. The molecule has 0 aliphatic carbocycles. The number of benzene rings is 1. The number of nitrogens with zero attached hydrogens (tertiary/aromatic N) is 2. The van der Waals surface area contributed by atoms with Crippen LogP contribution in [0.5, 0.6) is 0 Å². The Morgan fingerprint density at radius 2 is 1.83 bits per heavy atom. The normalized spacial score (nSPS) is 14.6. The van der Waals surface area contributed by atoms with Crippen molar-refractivity contribution in [3.63, 3.8) is 0 Å². The summed E-state index contributed by atoms with van der Waals surface area (Å²) >= 11 is 0. The Morgan fingerprint density at radius 3 is 2.38 bits per heavy atom. The smallest absolute Gasteiger partial charge is 0.414 e. The molecule has 1 aliphatic rings. The molecule has 0 radical (unpaired) electrons. The van der Waals surface area contributed by atoms with E-state index in [1.54, 1.807) is 0 Å². The fourth-order valence-electron chi connectivity index (χ4n) is 2.84. The van der Waals surface area contributed by atoms with Gasteiger partial charge in [0.1, 0.15) is 6.61 Å². The van der Waals surface area contributed by atoms with Gasteiger partial charge in [-0.2, -0.15) is 0 Å². The predicted octanol–water partition coefficient (Wildman–Crippen LogP) is 4.53. The highest BCUT2D eigenvalue weighted by Crippen LogP contribution is 2.25. The van der Waals surface area contributed by atoms with Crippen molar-refractivity contribution >= 4 is 17.7 Å². The molecular weight excluding hydrogens is 370 g/mol. The monoisotopic (exact) mass is 403 g/mol. The topological polar surface area (TPSA) is 72.4 Å². The van der Waals surface area contributed by atoms with Gasteiger partial charge in [0.05, 0.1) is 18.9 Å². The van der Waals surface area contributed by atoms with Gasteiger partial charge in [0.25, 0.3) is 0 Å². The van der Waals surface area contributed by atoms with Crippen LogP contribution >= 0.6 is 0 Å². The van der Waals surface area contributed by atoms with Crippen LogP contribution in [0.4, 0.5) is 10.5 Å². The summed E-state index contributed by atoms with van der Waals surface area (Å²) < 4.78 is 16.2. The van der Waals surface area contributed by atoms with Crippen LogP contribution in [0, 0.1) is 0 Å². The second-order valence-electron chi connectivity index (χ2n) is 6.81. The molecule has 1 N–H and O–H groups in total. The number of nitrogens with one attached hydrogen (secondary N) is 1. The van der Waals surface area contributed by atoms with E-state index >= 15 is 0 Å². The first kappa shape index (κ1) is 22.9. The molecule has 1 aromatic rings. The van der Waals surface area contributed by atoms with Crippen LogP contribution in [0.25, 0.3) is 0 Å². The van der Waals surface area contributed by atoms with Crippen LogP contribution < -0.4 is 5.32 Å². The molecule has 0 atom stereocenters.